The van der Waals surface area contributed by atoms with E-state index in [0.29, 0.717) is 13.0 Å². The average Bonchev–Trinajstić information content (AvgIpc) is 2.37. The van der Waals surface area contributed by atoms with Crippen molar-refractivity contribution in [2.75, 3.05) is 13.2 Å². The van der Waals surface area contributed by atoms with Gasteiger partial charge in [0.1, 0.15) is 5.54 Å². The lowest BCUT2D eigenvalue weighted by atomic mass is 9.90. The number of nitrogens with one attached hydrogen (secondary N) is 2. The molecule has 94 valence electrons. The fraction of sp³-hybridized carbons (Fsp3) is 0.500. The van der Waals surface area contributed by atoms with Crippen LogP contribution in [-0.2, 0) is 9.53 Å². The molecular formula is C12H18N2O3. The van der Waals surface area contributed by atoms with E-state index >= 15 is 0 Å². The van der Waals surface area contributed by atoms with Crippen molar-refractivity contribution < 1.29 is 15.7 Å². The summed E-state index contributed by atoms with van der Waals surface area (Å²) in [7, 11) is 0. The van der Waals surface area contributed by atoms with Crippen LogP contribution in [-0.4, -0.2) is 30.7 Å². The van der Waals surface area contributed by atoms with Crippen LogP contribution in [0.5, 0.6) is 0 Å². The molecule has 0 aromatic heterocycles. The third-order valence-corrected chi connectivity index (χ3v) is 2.37. The van der Waals surface area contributed by atoms with Crippen LogP contribution in [0.3, 0.4) is 0 Å². The molecule has 0 fully saturated rings. The Morgan fingerprint density at radius 1 is 1.53 bits per heavy atom. The highest BCUT2D eigenvalue weighted by atomic mass is 16.5. The Morgan fingerprint density at radius 3 is 2.94 bits per heavy atom. The molecular weight excluding hydrogens is 220 g/mol. The van der Waals surface area contributed by atoms with Gasteiger partial charge in [-0.3, -0.25) is 4.79 Å². The molecule has 1 atom stereocenters. The Balaban J connectivity index is 2.73. The summed E-state index contributed by atoms with van der Waals surface area (Å²) in [5, 5.41) is 5.24. The van der Waals surface area contributed by atoms with E-state index in [2.05, 4.69) is 10.6 Å². The van der Waals surface area contributed by atoms with Gasteiger partial charge in [0.2, 0.25) is 5.91 Å². The van der Waals surface area contributed by atoms with E-state index in [1.165, 1.54) is 0 Å². The second-order valence-corrected chi connectivity index (χ2v) is 3.58. The van der Waals surface area contributed by atoms with Crippen molar-refractivity contribution in [1.29, 1.82) is 0 Å². The van der Waals surface area contributed by atoms with Gasteiger partial charge in [-0.25, -0.2) is 4.79 Å². The van der Waals surface area contributed by atoms with E-state index in [0.717, 1.165) is 0 Å². The first kappa shape index (κ1) is 11.7. The molecule has 0 aromatic rings. The molecule has 1 rings (SSSR count). The van der Waals surface area contributed by atoms with E-state index in [1.807, 2.05) is 13.0 Å². The molecule has 2 amide bonds. The molecule has 0 heterocycles. The zero-order valence-electron chi connectivity index (χ0n) is 10.9. The number of hydrogen-bond donors (Lipinski definition) is 2. The van der Waals surface area contributed by atoms with Crippen LogP contribution in [0.1, 0.15) is 21.6 Å². The largest absolute Gasteiger partial charge is 0.450 e. The minimum atomic E-state index is -1.09. The number of likely N-dealkylation sites (N-methyl/N-ethyl adjacent to an activating group) is 1. The van der Waals surface area contributed by atoms with Gasteiger partial charge in [-0.1, -0.05) is 18.2 Å². The van der Waals surface area contributed by atoms with Crippen LogP contribution in [0.4, 0.5) is 4.79 Å². The van der Waals surface area contributed by atoms with Crippen molar-refractivity contribution in [3.8, 4) is 0 Å². The summed E-state index contributed by atoms with van der Waals surface area (Å²) in [5.74, 6) is -0.270. The summed E-state index contributed by atoms with van der Waals surface area (Å²) in [4.78, 5) is 23.6. The quantitative estimate of drug-likeness (QED) is 0.772. The summed E-state index contributed by atoms with van der Waals surface area (Å²) in [6, 6.07) is 0. The van der Waals surface area contributed by atoms with Crippen molar-refractivity contribution >= 4 is 12.0 Å². The number of hydrogen-bond acceptors (Lipinski definition) is 3. The number of alkyl carbamates (subject to hydrolysis) is 1. The number of allylic oxidation sites excluding steroid dienone is 2. The molecule has 2 N–H and O–H groups in total. The van der Waals surface area contributed by atoms with Crippen LogP contribution < -0.4 is 10.6 Å². The topological polar surface area (TPSA) is 67.4 Å². The molecule has 5 heteroatoms. The summed E-state index contributed by atoms with van der Waals surface area (Å²) in [5.41, 5.74) is -1.09. The zero-order valence-corrected chi connectivity index (χ0v) is 9.86. The number of carbonyl (C=O) groups excluding carboxylic acids is 2. The number of carbonyl (C=O) groups is 2. The molecule has 5 nitrogen and oxygen atoms in total. The predicted octanol–water partition coefficient (Wildman–Crippen LogP) is 1.12. The van der Waals surface area contributed by atoms with E-state index in [9.17, 15) is 9.59 Å². The number of amides is 2. The zero-order chi connectivity index (χ0) is 13.4. The van der Waals surface area contributed by atoms with Gasteiger partial charge in [-0.15, -0.1) is 0 Å². The number of ether oxygens (including phenoxy) is 1. The normalized spacial score (nSPS) is 22.8. The molecule has 17 heavy (non-hydrogen) atoms. The van der Waals surface area contributed by atoms with Crippen LogP contribution in [0, 0.1) is 0 Å². The molecule has 0 aliphatic heterocycles. The summed E-state index contributed by atoms with van der Waals surface area (Å²) in [6.45, 7) is 2.31. The highest BCUT2D eigenvalue weighted by molar-refractivity contribution is 5.92. The maximum absolute atomic E-state index is 12.0. The van der Waals surface area contributed by atoms with E-state index in [1.54, 1.807) is 18.2 Å². The van der Waals surface area contributed by atoms with Gasteiger partial charge < -0.3 is 15.4 Å². The van der Waals surface area contributed by atoms with Gasteiger partial charge in [0.15, 0.2) is 0 Å². The lowest BCUT2D eigenvalue weighted by Crippen LogP contribution is -2.57. The van der Waals surface area contributed by atoms with Crippen molar-refractivity contribution in [2.45, 2.75) is 25.8 Å². The molecule has 0 bridgehead atoms. The minimum Gasteiger partial charge on any atom is -0.450 e. The van der Waals surface area contributed by atoms with Crippen LogP contribution in [0.2, 0.25) is 0 Å². The Labute approximate surface area is 102 Å². The smallest absolute Gasteiger partial charge is 0.408 e. The van der Waals surface area contributed by atoms with Gasteiger partial charge in [-0.2, -0.15) is 0 Å². The van der Waals surface area contributed by atoms with Gasteiger partial charge in [0.05, 0.1) is 6.61 Å². The van der Waals surface area contributed by atoms with Crippen molar-refractivity contribution in [2.24, 2.45) is 0 Å². The summed E-state index contributed by atoms with van der Waals surface area (Å²) in [6.07, 6.45) is 6.66. The average molecular weight is 239 g/mol. The summed E-state index contributed by atoms with van der Waals surface area (Å²) >= 11 is 0. The highest BCUT2D eigenvalue weighted by Gasteiger charge is 2.37. The van der Waals surface area contributed by atoms with Gasteiger partial charge in [0.25, 0.3) is 0 Å². The van der Waals surface area contributed by atoms with E-state index < -0.39 is 11.6 Å². The van der Waals surface area contributed by atoms with Crippen LogP contribution >= 0.6 is 0 Å². The molecule has 1 unspecified atom stereocenters. The first-order valence-electron chi connectivity index (χ1n) is 6.22. The second-order valence-electron chi connectivity index (χ2n) is 3.58. The number of rotatable bonds is 4. The van der Waals surface area contributed by atoms with Crippen molar-refractivity contribution in [1.82, 2.24) is 10.6 Å². The Morgan fingerprint density at radius 2 is 2.35 bits per heavy atom. The monoisotopic (exact) mass is 239 g/mol. The molecule has 0 spiro atoms. The third-order valence-electron chi connectivity index (χ3n) is 2.37. The third kappa shape index (κ3) is 3.34. The molecule has 0 saturated carbocycles. The molecule has 1 aliphatic carbocycles. The first-order chi connectivity index (χ1) is 8.64. The SMILES string of the molecule is [2H]CCOC(=O)NC1(C(=O)NCC)C=CC=CC1. The van der Waals surface area contributed by atoms with Gasteiger partial charge in [0, 0.05) is 14.3 Å². The Kier molecular flexibility index (Phi) is 4.18. The van der Waals surface area contributed by atoms with Gasteiger partial charge >= 0.3 is 6.09 Å². The molecule has 0 radical (unpaired) electrons. The standard InChI is InChI=1S/C12H18N2O3/c1-3-13-10(15)12(8-6-5-7-9-12)14-11(16)17-4-2/h5-8H,3-4,9H2,1-2H3,(H,13,15)(H,14,16)/i2D. The minimum absolute atomic E-state index is 0.00266. The van der Waals surface area contributed by atoms with Crippen LogP contribution in [0.25, 0.3) is 0 Å². The van der Waals surface area contributed by atoms with Crippen molar-refractivity contribution in [3.05, 3.63) is 24.3 Å². The fourth-order valence-corrected chi connectivity index (χ4v) is 1.57. The van der Waals surface area contributed by atoms with Crippen molar-refractivity contribution in [3.63, 3.8) is 0 Å². The Bertz CT molecular complexity index is 368. The predicted molar refractivity (Wildman–Crippen MR) is 64.5 cm³/mol. The maximum atomic E-state index is 12.0. The highest BCUT2D eigenvalue weighted by Crippen LogP contribution is 2.18. The maximum Gasteiger partial charge on any atom is 0.408 e. The first-order valence-corrected chi connectivity index (χ1v) is 5.51. The summed E-state index contributed by atoms with van der Waals surface area (Å²) < 4.78 is 11.7. The molecule has 0 aromatic carbocycles. The molecule has 1 aliphatic rings. The Hall–Kier alpha value is -1.78. The van der Waals surface area contributed by atoms with E-state index in [-0.39, 0.29) is 19.4 Å². The lowest BCUT2D eigenvalue weighted by molar-refractivity contribution is -0.125. The lowest BCUT2D eigenvalue weighted by Gasteiger charge is -2.30. The van der Waals surface area contributed by atoms with E-state index in [4.69, 9.17) is 6.11 Å². The fourth-order valence-electron chi connectivity index (χ4n) is 1.57. The van der Waals surface area contributed by atoms with Crippen LogP contribution in [0.15, 0.2) is 24.3 Å². The van der Waals surface area contributed by atoms with Gasteiger partial charge in [-0.05, 0) is 19.9 Å². The molecule has 0 saturated heterocycles. The second kappa shape index (κ2) is 6.08.